The minimum Gasteiger partial charge on any atom is -0.399 e. The minimum absolute atomic E-state index is 0.270. The van der Waals surface area contributed by atoms with Crippen LogP contribution in [-0.4, -0.2) is 31.0 Å². The van der Waals surface area contributed by atoms with Crippen LogP contribution < -0.4 is 11.5 Å². The summed E-state index contributed by atoms with van der Waals surface area (Å²) in [6.45, 7) is 1.72. The third-order valence-corrected chi connectivity index (χ3v) is 3.43. The monoisotopic (exact) mass is 222 g/mol. The molecule has 4 N–H and O–H groups in total. The van der Waals surface area contributed by atoms with Crippen molar-refractivity contribution in [1.82, 2.24) is 0 Å². The van der Waals surface area contributed by atoms with E-state index in [9.17, 15) is 0 Å². The molecule has 0 bridgehead atoms. The van der Waals surface area contributed by atoms with Crippen molar-refractivity contribution in [3.05, 3.63) is 23.4 Å². The molecular formula is C12H18N2O2. The molecule has 0 aromatic carbocycles. The third kappa shape index (κ3) is 2.29. The van der Waals surface area contributed by atoms with Crippen LogP contribution in [0.3, 0.4) is 0 Å². The lowest BCUT2D eigenvalue weighted by Crippen LogP contribution is -2.41. The Kier molecular flexibility index (Phi) is 2.31. The van der Waals surface area contributed by atoms with Gasteiger partial charge in [-0.1, -0.05) is 6.08 Å². The molecule has 2 aliphatic heterocycles. The van der Waals surface area contributed by atoms with Crippen molar-refractivity contribution in [3.8, 4) is 0 Å². The zero-order chi connectivity index (χ0) is 11.2. The van der Waals surface area contributed by atoms with E-state index in [-0.39, 0.29) is 5.54 Å². The third-order valence-electron chi connectivity index (χ3n) is 3.43. The van der Waals surface area contributed by atoms with Crippen LogP contribution in [0.5, 0.6) is 0 Å². The van der Waals surface area contributed by atoms with Crippen LogP contribution in [0.15, 0.2) is 23.4 Å². The fraction of sp³-hybridized carbons (Fsp3) is 0.667. The SMILES string of the molecule is NC1=C(CC2CO2)CC(N)(CC2CO2)C=C1. The number of nitrogens with two attached hydrogens (primary N) is 2. The van der Waals surface area contributed by atoms with Gasteiger partial charge in [0, 0.05) is 11.2 Å². The van der Waals surface area contributed by atoms with E-state index in [0.717, 1.165) is 38.2 Å². The Morgan fingerprint density at radius 2 is 2.00 bits per heavy atom. The highest BCUT2D eigenvalue weighted by Crippen LogP contribution is 2.34. The molecule has 88 valence electrons. The van der Waals surface area contributed by atoms with Crippen molar-refractivity contribution < 1.29 is 9.47 Å². The van der Waals surface area contributed by atoms with E-state index in [0.29, 0.717) is 12.2 Å². The van der Waals surface area contributed by atoms with Gasteiger partial charge in [0.2, 0.25) is 0 Å². The van der Waals surface area contributed by atoms with Gasteiger partial charge in [0.05, 0.1) is 25.4 Å². The predicted molar refractivity (Wildman–Crippen MR) is 60.6 cm³/mol. The molecule has 1 aliphatic carbocycles. The van der Waals surface area contributed by atoms with Gasteiger partial charge in [0.1, 0.15) is 0 Å². The van der Waals surface area contributed by atoms with E-state index in [2.05, 4.69) is 0 Å². The second kappa shape index (κ2) is 3.58. The van der Waals surface area contributed by atoms with Gasteiger partial charge in [0.15, 0.2) is 0 Å². The summed E-state index contributed by atoms with van der Waals surface area (Å²) >= 11 is 0. The van der Waals surface area contributed by atoms with Crippen LogP contribution in [0.4, 0.5) is 0 Å². The summed E-state index contributed by atoms with van der Waals surface area (Å²) < 4.78 is 10.5. The van der Waals surface area contributed by atoms with Crippen molar-refractivity contribution in [3.63, 3.8) is 0 Å². The van der Waals surface area contributed by atoms with Gasteiger partial charge >= 0.3 is 0 Å². The first-order chi connectivity index (χ1) is 7.65. The lowest BCUT2D eigenvalue weighted by molar-refractivity contribution is 0.343. The van der Waals surface area contributed by atoms with Crippen LogP contribution in [0.2, 0.25) is 0 Å². The van der Waals surface area contributed by atoms with E-state index in [4.69, 9.17) is 20.9 Å². The average molecular weight is 222 g/mol. The van der Waals surface area contributed by atoms with Crippen molar-refractivity contribution >= 4 is 0 Å². The molecule has 3 rings (SSSR count). The summed E-state index contributed by atoms with van der Waals surface area (Å²) in [5.74, 6) is 0. The van der Waals surface area contributed by atoms with Gasteiger partial charge < -0.3 is 20.9 Å². The molecule has 16 heavy (non-hydrogen) atoms. The predicted octanol–water partition coefficient (Wildman–Crippen LogP) is 0.434. The molecule has 0 amide bonds. The molecule has 3 aliphatic rings. The molecule has 3 unspecified atom stereocenters. The highest BCUT2D eigenvalue weighted by molar-refractivity contribution is 5.34. The Morgan fingerprint density at radius 3 is 2.62 bits per heavy atom. The molecular weight excluding hydrogens is 204 g/mol. The molecule has 4 heteroatoms. The summed E-state index contributed by atoms with van der Waals surface area (Å²) in [5, 5.41) is 0. The number of allylic oxidation sites excluding steroid dienone is 1. The first-order valence-corrected chi connectivity index (χ1v) is 5.83. The number of hydrogen-bond acceptors (Lipinski definition) is 4. The highest BCUT2D eigenvalue weighted by Gasteiger charge is 2.37. The van der Waals surface area contributed by atoms with Crippen LogP contribution >= 0.6 is 0 Å². The number of epoxide rings is 2. The van der Waals surface area contributed by atoms with E-state index in [1.165, 1.54) is 5.57 Å². The van der Waals surface area contributed by atoms with Gasteiger partial charge in [-0.05, 0) is 30.9 Å². The quantitative estimate of drug-likeness (QED) is 0.676. The van der Waals surface area contributed by atoms with E-state index < -0.39 is 0 Å². The van der Waals surface area contributed by atoms with Crippen LogP contribution in [0.1, 0.15) is 19.3 Å². The van der Waals surface area contributed by atoms with Crippen molar-refractivity contribution in [2.45, 2.75) is 37.0 Å². The number of rotatable bonds is 4. The zero-order valence-corrected chi connectivity index (χ0v) is 9.32. The Balaban J connectivity index is 1.69. The maximum Gasteiger partial charge on any atom is 0.0847 e. The molecule has 2 saturated heterocycles. The standard InChI is InChI=1S/C12H18N2O2/c13-11-1-2-12(14,5-10-7-16-10)4-8(11)3-9-6-15-9/h1-2,9-10H,3-7,13-14H2. The van der Waals surface area contributed by atoms with Crippen molar-refractivity contribution in [1.29, 1.82) is 0 Å². The van der Waals surface area contributed by atoms with Crippen LogP contribution in [-0.2, 0) is 9.47 Å². The van der Waals surface area contributed by atoms with E-state index in [1.807, 2.05) is 12.2 Å². The Labute approximate surface area is 95.3 Å². The molecule has 0 radical (unpaired) electrons. The summed E-state index contributed by atoms with van der Waals surface area (Å²) in [6, 6.07) is 0. The molecule has 2 heterocycles. The lowest BCUT2D eigenvalue weighted by Gasteiger charge is -2.30. The molecule has 3 atom stereocenters. The van der Waals surface area contributed by atoms with Gasteiger partial charge in [-0.2, -0.15) is 0 Å². The largest absolute Gasteiger partial charge is 0.399 e. The lowest BCUT2D eigenvalue weighted by atomic mass is 9.81. The summed E-state index contributed by atoms with van der Waals surface area (Å²) in [7, 11) is 0. The van der Waals surface area contributed by atoms with E-state index >= 15 is 0 Å². The summed E-state index contributed by atoms with van der Waals surface area (Å²) in [5.41, 5.74) is 14.2. The average Bonchev–Trinajstić information content (AvgIpc) is 3.08. The van der Waals surface area contributed by atoms with Crippen molar-refractivity contribution in [2.75, 3.05) is 13.2 Å². The Hall–Kier alpha value is -0.840. The zero-order valence-electron chi connectivity index (χ0n) is 9.32. The molecule has 0 spiro atoms. The normalized spacial score (nSPS) is 41.3. The second-order valence-electron chi connectivity index (χ2n) is 5.12. The fourth-order valence-corrected chi connectivity index (χ4v) is 2.33. The van der Waals surface area contributed by atoms with Gasteiger partial charge in [-0.25, -0.2) is 0 Å². The first-order valence-electron chi connectivity index (χ1n) is 5.83. The number of ether oxygens (including phenoxy) is 2. The minimum atomic E-state index is -0.270. The van der Waals surface area contributed by atoms with Gasteiger partial charge in [-0.3, -0.25) is 0 Å². The van der Waals surface area contributed by atoms with Gasteiger partial charge in [-0.15, -0.1) is 0 Å². The Morgan fingerprint density at radius 1 is 1.31 bits per heavy atom. The molecule has 4 nitrogen and oxygen atoms in total. The van der Waals surface area contributed by atoms with Crippen LogP contribution in [0, 0.1) is 0 Å². The maximum atomic E-state index is 6.35. The number of hydrogen-bond donors (Lipinski definition) is 2. The molecule has 0 aromatic rings. The topological polar surface area (TPSA) is 77.1 Å². The van der Waals surface area contributed by atoms with Crippen LogP contribution in [0.25, 0.3) is 0 Å². The summed E-state index contributed by atoms with van der Waals surface area (Å²) in [4.78, 5) is 0. The first kappa shape index (κ1) is 10.3. The van der Waals surface area contributed by atoms with Crippen molar-refractivity contribution in [2.24, 2.45) is 11.5 Å². The molecule has 2 fully saturated rings. The second-order valence-corrected chi connectivity index (χ2v) is 5.12. The molecule has 0 aromatic heterocycles. The molecule has 0 saturated carbocycles. The highest BCUT2D eigenvalue weighted by atomic mass is 16.6. The summed E-state index contributed by atoms with van der Waals surface area (Å²) in [6.07, 6.45) is 7.38. The maximum absolute atomic E-state index is 6.35. The van der Waals surface area contributed by atoms with E-state index in [1.54, 1.807) is 0 Å². The smallest absolute Gasteiger partial charge is 0.0847 e. The van der Waals surface area contributed by atoms with Gasteiger partial charge in [0.25, 0.3) is 0 Å². The Bertz CT molecular complexity index is 356. The fourth-order valence-electron chi connectivity index (χ4n) is 2.33.